The second-order valence-corrected chi connectivity index (χ2v) is 4.81. The number of hydrogen-bond donors (Lipinski definition) is 1. The second-order valence-electron chi connectivity index (χ2n) is 4.81. The highest BCUT2D eigenvalue weighted by molar-refractivity contribution is 5.66. The average Bonchev–Trinajstić information content (AvgIpc) is 2.63. The van der Waals surface area contributed by atoms with Crippen LogP contribution in [0.4, 0.5) is 0 Å². The van der Waals surface area contributed by atoms with Gasteiger partial charge >= 0.3 is 11.9 Å². The van der Waals surface area contributed by atoms with E-state index in [9.17, 15) is 14.7 Å². The Hall–Kier alpha value is -1.79. The Bertz CT molecular complexity index is 387. The van der Waals surface area contributed by atoms with Crippen LogP contribution in [0.25, 0.3) is 10.4 Å². The number of nitrogens with zero attached hydrogens (tertiary/aromatic N) is 3. The van der Waals surface area contributed by atoms with Crippen molar-refractivity contribution >= 4 is 11.9 Å². The first-order valence-electron chi connectivity index (χ1n) is 5.87. The molecule has 0 aromatic carbocycles. The molecular weight excluding hydrogens is 254 g/mol. The van der Waals surface area contributed by atoms with Gasteiger partial charge in [0.2, 0.25) is 0 Å². The minimum atomic E-state index is -0.831. The SMILES string of the molecule is CC(=O)OCC1(COC(C)=O)C[C@H](N=[N+]=[N-])[C@@H](O)C1. The van der Waals surface area contributed by atoms with Gasteiger partial charge in [-0.15, -0.1) is 0 Å². The number of carbonyl (C=O) groups is 2. The van der Waals surface area contributed by atoms with E-state index in [1.165, 1.54) is 13.8 Å². The highest BCUT2D eigenvalue weighted by Gasteiger charge is 2.46. The van der Waals surface area contributed by atoms with Crippen molar-refractivity contribution in [1.29, 1.82) is 0 Å². The lowest BCUT2D eigenvalue weighted by Crippen LogP contribution is -2.32. The summed E-state index contributed by atoms with van der Waals surface area (Å²) in [5.74, 6) is -0.909. The molecule has 0 unspecified atom stereocenters. The van der Waals surface area contributed by atoms with Crippen molar-refractivity contribution in [2.75, 3.05) is 13.2 Å². The first kappa shape index (κ1) is 15.3. The molecule has 1 aliphatic carbocycles. The smallest absolute Gasteiger partial charge is 0.302 e. The molecule has 1 aliphatic rings. The molecule has 0 heterocycles. The molecule has 0 bridgehead atoms. The van der Waals surface area contributed by atoms with Crippen molar-refractivity contribution < 1.29 is 24.2 Å². The number of carbonyl (C=O) groups excluding carboxylic acids is 2. The van der Waals surface area contributed by atoms with E-state index >= 15 is 0 Å². The van der Waals surface area contributed by atoms with Crippen molar-refractivity contribution in [3.05, 3.63) is 10.4 Å². The number of hydrogen-bond acceptors (Lipinski definition) is 6. The Morgan fingerprint density at radius 3 is 2.26 bits per heavy atom. The number of azide groups is 1. The highest BCUT2D eigenvalue weighted by Crippen LogP contribution is 2.40. The molecule has 1 rings (SSSR count). The van der Waals surface area contributed by atoms with Gasteiger partial charge in [-0.2, -0.15) is 0 Å². The lowest BCUT2D eigenvalue weighted by atomic mass is 9.88. The van der Waals surface area contributed by atoms with E-state index in [0.29, 0.717) is 6.42 Å². The number of esters is 2. The molecule has 8 heteroatoms. The predicted octanol–water partition coefficient (Wildman–Crippen LogP) is 0.933. The molecular formula is C11H17N3O5. The van der Waals surface area contributed by atoms with Gasteiger partial charge in [0.15, 0.2) is 0 Å². The molecule has 8 nitrogen and oxygen atoms in total. The van der Waals surface area contributed by atoms with Crippen LogP contribution in [0.5, 0.6) is 0 Å². The molecule has 2 atom stereocenters. The van der Waals surface area contributed by atoms with Crippen LogP contribution in [0.3, 0.4) is 0 Å². The Kier molecular flexibility index (Phi) is 5.14. The van der Waals surface area contributed by atoms with Gasteiger partial charge in [-0.25, -0.2) is 0 Å². The van der Waals surface area contributed by atoms with Crippen LogP contribution < -0.4 is 0 Å². The molecule has 0 aliphatic heterocycles. The molecule has 0 aromatic heterocycles. The van der Waals surface area contributed by atoms with Crippen LogP contribution >= 0.6 is 0 Å². The lowest BCUT2D eigenvalue weighted by Gasteiger charge is -2.27. The summed E-state index contributed by atoms with van der Waals surface area (Å²) in [6, 6.07) is -0.601. The third-order valence-corrected chi connectivity index (χ3v) is 3.09. The number of ether oxygens (including phenoxy) is 2. The van der Waals surface area contributed by atoms with Crippen molar-refractivity contribution in [1.82, 2.24) is 0 Å². The van der Waals surface area contributed by atoms with Crippen LogP contribution in [0.2, 0.25) is 0 Å². The van der Waals surface area contributed by atoms with Crippen molar-refractivity contribution in [3.8, 4) is 0 Å². The Labute approximate surface area is 110 Å². The van der Waals surface area contributed by atoms with Gasteiger partial charge in [0, 0.05) is 24.2 Å². The largest absolute Gasteiger partial charge is 0.465 e. The first-order valence-corrected chi connectivity index (χ1v) is 5.87. The van der Waals surface area contributed by atoms with E-state index in [-0.39, 0.29) is 19.6 Å². The lowest BCUT2D eigenvalue weighted by molar-refractivity contribution is -0.151. The van der Waals surface area contributed by atoms with E-state index in [1.54, 1.807) is 0 Å². The Morgan fingerprint density at radius 2 is 1.84 bits per heavy atom. The van der Waals surface area contributed by atoms with Gasteiger partial charge in [-0.05, 0) is 18.4 Å². The van der Waals surface area contributed by atoms with Gasteiger partial charge in [0.25, 0.3) is 0 Å². The minimum Gasteiger partial charge on any atom is -0.465 e. The summed E-state index contributed by atoms with van der Waals surface area (Å²) < 4.78 is 9.92. The van der Waals surface area contributed by atoms with Crippen LogP contribution in [0.1, 0.15) is 26.7 Å². The van der Waals surface area contributed by atoms with Gasteiger partial charge in [-0.1, -0.05) is 5.11 Å². The number of aliphatic hydroxyl groups excluding tert-OH is 1. The second kappa shape index (κ2) is 6.40. The monoisotopic (exact) mass is 271 g/mol. The molecule has 1 fully saturated rings. The van der Waals surface area contributed by atoms with E-state index < -0.39 is 29.5 Å². The number of rotatable bonds is 5. The van der Waals surface area contributed by atoms with Crippen LogP contribution in [0, 0.1) is 5.41 Å². The summed E-state index contributed by atoms with van der Waals surface area (Å²) in [4.78, 5) is 24.5. The topological polar surface area (TPSA) is 122 Å². The molecule has 1 N–H and O–H groups in total. The van der Waals surface area contributed by atoms with Gasteiger partial charge in [0.05, 0.1) is 12.1 Å². The maximum Gasteiger partial charge on any atom is 0.302 e. The minimum absolute atomic E-state index is 0.0180. The van der Waals surface area contributed by atoms with Gasteiger partial charge < -0.3 is 14.6 Å². The molecule has 19 heavy (non-hydrogen) atoms. The average molecular weight is 271 g/mol. The van der Waals surface area contributed by atoms with E-state index in [4.69, 9.17) is 15.0 Å². The van der Waals surface area contributed by atoms with Gasteiger partial charge in [-0.3, -0.25) is 9.59 Å². The van der Waals surface area contributed by atoms with Crippen LogP contribution in [-0.2, 0) is 19.1 Å². The zero-order chi connectivity index (χ0) is 14.5. The summed E-state index contributed by atoms with van der Waals surface area (Å²) in [6.07, 6.45) is -0.280. The van der Waals surface area contributed by atoms with E-state index in [2.05, 4.69) is 10.0 Å². The third-order valence-electron chi connectivity index (χ3n) is 3.09. The molecule has 0 radical (unpaired) electrons. The predicted molar refractivity (Wildman–Crippen MR) is 63.9 cm³/mol. The zero-order valence-electron chi connectivity index (χ0n) is 10.9. The first-order chi connectivity index (χ1) is 8.88. The standard InChI is InChI=1S/C11H17N3O5/c1-7(15)18-5-11(6-19-8(2)16)3-9(13-14-12)10(17)4-11/h9-10,17H,3-6H2,1-2H3/t9-,10-/m0/s1. The van der Waals surface area contributed by atoms with Crippen LogP contribution in [0.15, 0.2) is 5.11 Å². The van der Waals surface area contributed by atoms with Crippen molar-refractivity contribution in [2.45, 2.75) is 38.8 Å². The van der Waals surface area contributed by atoms with Gasteiger partial charge in [0.1, 0.15) is 13.2 Å². The zero-order valence-corrected chi connectivity index (χ0v) is 10.9. The third kappa shape index (κ3) is 4.42. The summed E-state index contributed by atoms with van der Waals surface area (Å²) in [6.45, 7) is 2.58. The maximum atomic E-state index is 10.9. The Morgan fingerprint density at radius 1 is 1.32 bits per heavy atom. The summed E-state index contributed by atoms with van der Waals surface area (Å²) >= 11 is 0. The molecule has 0 spiro atoms. The Balaban J connectivity index is 2.78. The van der Waals surface area contributed by atoms with Crippen LogP contribution in [-0.4, -0.2) is 42.4 Å². The van der Waals surface area contributed by atoms with Crippen molar-refractivity contribution in [2.24, 2.45) is 10.5 Å². The van der Waals surface area contributed by atoms with Crippen molar-refractivity contribution in [3.63, 3.8) is 0 Å². The summed E-state index contributed by atoms with van der Waals surface area (Å²) in [5, 5.41) is 13.3. The molecule has 106 valence electrons. The molecule has 0 amide bonds. The fraction of sp³-hybridized carbons (Fsp3) is 0.818. The fourth-order valence-electron chi connectivity index (χ4n) is 2.21. The highest BCUT2D eigenvalue weighted by atomic mass is 16.5. The maximum absolute atomic E-state index is 10.9. The molecule has 0 saturated heterocycles. The summed E-state index contributed by atoms with van der Waals surface area (Å²) in [7, 11) is 0. The quantitative estimate of drug-likeness (QED) is 0.345. The van der Waals surface area contributed by atoms with E-state index in [0.717, 1.165) is 0 Å². The molecule has 1 saturated carbocycles. The fourth-order valence-corrected chi connectivity index (χ4v) is 2.21. The number of aliphatic hydroxyl groups is 1. The normalized spacial score (nSPS) is 24.4. The van der Waals surface area contributed by atoms with E-state index in [1.807, 2.05) is 0 Å². The molecule has 0 aromatic rings. The summed E-state index contributed by atoms with van der Waals surface area (Å²) in [5.41, 5.74) is 7.73.